The molecule has 0 heterocycles. The first-order valence-electron chi connectivity index (χ1n) is 5.12. The maximum atomic E-state index is 12.4. The Morgan fingerprint density at radius 3 is 2.50 bits per heavy atom. The molecular weight excluding hydrogens is 279 g/mol. The van der Waals surface area contributed by atoms with Crippen LogP contribution >= 0.6 is 0 Å². The predicted octanol–water partition coefficient (Wildman–Crippen LogP) is 1.78. The number of aliphatic carboxylic acids is 1. The summed E-state index contributed by atoms with van der Waals surface area (Å²) in [6.07, 6.45) is -4.60. The van der Waals surface area contributed by atoms with Crippen LogP contribution in [0.3, 0.4) is 0 Å². The second-order valence-corrected chi connectivity index (χ2v) is 3.57. The number of hydrogen-bond donors (Lipinski definition) is 3. The van der Waals surface area contributed by atoms with Crippen LogP contribution in [-0.2, 0) is 11.0 Å². The maximum Gasteiger partial charge on any atom is 0.416 e. The van der Waals surface area contributed by atoms with Crippen LogP contribution < -0.4 is 10.6 Å². The molecule has 0 atom stereocenters. The monoisotopic (exact) mass is 287 g/mol. The lowest BCUT2D eigenvalue weighted by Gasteiger charge is -2.11. The van der Waals surface area contributed by atoms with E-state index in [4.69, 9.17) is 10.4 Å². The molecule has 1 aromatic rings. The normalized spacial score (nSPS) is 10.5. The Morgan fingerprint density at radius 1 is 1.35 bits per heavy atom. The molecule has 9 heteroatoms. The number of halogens is 3. The van der Waals surface area contributed by atoms with E-state index in [1.807, 2.05) is 5.32 Å². The molecule has 6 nitrogen and oxygen atoms in total. The van der Waals surface area contributed by atoms with Gasteiger partial charge in [0.05, 0.1) is 16.8 Å². The van der Waals surface area contributed by atoms with Crippen LogP contribution in [0.25, 0.3) is 0 Å². The van der Waals surface area contributed by atoms with Crippen molar-refractivity contribution in [2.24, 2.45) is 0 Å². The number of amides is 2. The van der Waals surface area contributed by atoms with Crippen LogP contribution in [0.4, 0.5) is 23.7 Å². The minimum absolute atomic E-state index is 0.150. The van der Waals surface area contributed by atoms with E-state index in [0.717, 1.165) is 6.07 Å². The number of anilines is 1. The first-order valence-corrected chi connectivity index (χ1v) is 5.12. The SMILES string of the molecule is N#Cc1cc(C(F)(F)F)ccc1NC(=O)NCC(=O)O. The van der Waals surface area contributed by atoms with Crippen molar-refractivity contribution in [1.82, 2.24) is 5.32 Å². The highest BCUT2D eigenvalue weighted by molar-refractivity contribution is 5.92. The molecule has 0 aliphatic rings. The topological polar surface area (TPSA) is 102 Å². The van der Waals surface area contributed by atoms with Gasteiger partial charge in [0, 0.05) is 0 Å². The summed E-state index contributed by atoms with van der Waals surface area (Å²) < 4.78 is 37.3. The number of hydrogen-bond acceptors (Lipinski definition) is 3. The summed E-state index contributed by atoms with van der Waals surface area (Å²) in [4.78, 5) is 21.5. The first-order chi connectivity index (χ1) is 9.24. The summed E-state index contributed by atoms with van der Waals surface area (Å²) in [5.41, 5.74) is -1.56. The lowest BCUT2D eigenvalue weighted by atomic mass is 10.1. The van der Waals surface area contributed by atoms with Crippen molar-refractivity contribution in [2.75, 3.05) is 11.9 Å². The number of carboxylic acid groups (broad SMARTS) is 1. The highest BCUT2D eigenvalue weighted by Crippen LogP contribution is 2.31. The third-order valence-electron chi connectivity index (χ3n) is 2.12. The number of benzene rings is 1. The quantitative estimate of drug-likeness (QED) is 0.788. The molecule has 0 aliphatic carbocycles. The number of nitrogens with one attached hydrogen (secondary N) is 2. The first kappa shape index (κ1) is 15.3. The second-order valence-electron chi connectivity index (χ2n) is 3.57. The Morgan fingerprint density at radius 2 is 2.00 bits per heavy atom. The largest absolute Gasteiger partial charge is 0.480 e. The lowest BCUT2D eigenvalue weighted by molar-refractivity contribution is -0.138. The standard InChI is InChI=1S/C11H8F3N3O3/c12-11(13,14)7-1-2-8(6(3-7)4-15)17-10(20)16-5-9(18)19/h1-3H,5H2,(H,18,19)(H2,16,17,20). The molecule has 0 unspecified atom stereocenters. The molecule has 0 radical (unpaired) electrons. The number of nitriles is 1. The van der Waals surface area contributed by atoms with E-state index in [2.05, 4.69) is 5.32 Å². The molecule has 0 spiro atoms. The number of urea groups is 1. The fourth-order valence-electron chi connectivity index (χ4n) is 1.24. The molecule has 2 amide bonds. The summed E-state index contributed by atoms with van der Waals surface area (Å²) in [6.45, 7) is -0.658. The van der Waals surface area contributed by atoms with Crippen molar-refractivity contribution in [1.29, 1.82) is 5.26 Å². The van der Waals surface area contributed by atoms with Gasteiger partial charge in [-0.3, -0.25) is 4.79 Å². The summed E-state index contributed by atoms with van der Waals surface area (Å²) in [7, 11) is 0. The number of alkyl halides is 3. The van der Waals surface area contributed by atoms with Crippen LogP contribution in [-0.4, -0.2) is 23.7 Å². The minimum Gasteiger partial charge on any atom is -0.480 e. The highest BCUT2D eigenvalue weighted by Gasteiger charge is 2.31. The molecule has 0 bridgehead atoms. The van der Waals surface area contributed by atoms with Gasteiger partial charge in [-0.05, 0) is 18.2 Å². The number of carboxylic acids is 1. The van der Waals surface area contributed by atoms with E-state index in [1.54, 1.807) is 0 Å². The van der Waals surface area contributed by atoms with Crippen molar-refractivity contribution < 1.29 is 27.9 Å². The summed E-state index contributed by atoms with van der Waals surface area (Å²) in [6, 6.07) is 2.79. The average molecular weight is 287 g/mol. The van der Waals surface area contributed by atoms with Gasteiger partial charge in [-0.25, -0.2) is 4.79 Å². The van der Waals surface area contributed by atoms with E-state index in [0.29, 0.717) is 12.1 Å². The molecule has 1 aromatic carbocycles. The van der Waals surface area contributed by atoms with Crippen LogP contribution in [0.2, 0.25) is 0 Å². The lowest BCUT2D eigenvalue weighted by Crippen LogP contribution is -2.33. The minimum atomic E-state index is -4.60. The predicted molar refractivity (Wildman–Crippen MR) is 60.8 cm³/mol. The third-order valence-corrected chi connectivity index (χ3v) is 2.12. The van der Waals surface area contributed by atoms with Gasteiger partial charge in [-0.2, -0.15) is 18.4 Å². The molecule has 1 rings (SSSR count). The van der Waals surface area contributed by atoms with Gasteiger partial charge in [-0.15, -0.1) is 0 Å². The smallest absolute Gasteiger partial charge is 0.416 e. The summed E-state index contributed by atoms with van der Waals surface area (Å²) in [5, 5.41) is 21.1. The fraction of sp³-hybridized carbons (Fsp3) is 0.182. The fourth-order valence-corrected chi connectivity index (χ4v) is 1.24. The van der Waals surface area contributed by atoms with Crippen LogP contribution in [0.1, 0.15) is 11.1 Å². The van der Waals surface area contributed by atoms with Gasteiger partial charge < -0.3 is 15.7 Å². The van der Waals surface area contributed by atoms with Gasteiger partial charge in [-0.1, -0.05) is 0 Å². The van der Waals surface area contributed by atoms with E-state index in [1.165, 1.54) is 6.07 Å². The van der Waals surface area contributed by atoms with Crippen LogP contribution in [0.5, 0.6) is 0 Å². The van der Waals surface area contributed by atoms with Crippen molar-refractivity contribution in [2.45, 2.75) is 6.18 Å². The van der Waals surface area contributed by atoms with Crippen LogP contribution in [0, 0.1) is 11.3 Å². The third kappa shape index (κ3) is 4.16. The Kier molecular flexibility index (Phi) is 4.53. The van der Waals surface area contributed by atoms with E-state index in [-0.39, 0.29) is 11.3 Å². The second kappa shape index (κ2) is 5.92. The molecule has 0 aromatic heterocycles. The van der Waals surface area contributed by atoms with Gasteiger partial charge >= 0.3 is 18.2 Å². The number of nitrogens with zero attached hydrogens (tertiary/aromatic N) is 1. The van der Waals surface area contributed by atoms with Gasteiger partial charge in [0.2, 0.25) is 0 Å². The zero-order valence-electron chi connectivity index (χ0n) is 9.78. The zero-order chi connectivity index (χ0) is 15.3. The van der Waals surface area contributed by atoms with E-state index in [9.17, 15) is 22.8 Å². The Hall–Kier alpha value is -2.76. The maximum absolute atomic E-state index is 12.4. The molecular formula is C11H8F3N3O3. The molecule has 0 aliphatic heterocycles. The molecule has 0 fully saturated rings. The average Bonchev–Trinajstić information content (AvgIpc) is 2.35. The van der Waals surface area contributed by atoms with Gasteiger partial charge in [0.1, 0.15) is 12.6 Å². The molecule has 20 heavy (non-hydrogen) atoms. The van der Waals surface area contributed by atoms with Gasteiger partial charge in [0.15, 0.2) is 0 Å². The van der Waals surface area contributed by atoms with Crippen molar-refractivity contribution >= 4 is 17.7 Å². The number of rotatable bonds is 3. The van der Waals surface area contributed by atoms with Crippen molar-refractivity contribution in [3.63, 3.8) is 0 Å². The number of carbonyl (C=O) groups excluding carboxylic acids is 1. The Labute approximate surface area is 110 Å². The number of carbonyl (C=O) groups is 2. The van der Waals surface area contributed by atoms with Crippen molar-refractivity contribution in [3.05, 3.63) is 29.3 Å². The zero-order valence-corrected chi connectivity index (χ0v) is 9.78. The molecule has 106 valence electrons. The molecule has 3 N–H and O–H groups in total. The molecule has 0 saturated heterocycles. The summed E-state index contributed by atoms with van der Waals surface area (Å²) >= 11 is 0. The van der Waals surface area contributed by atoms with Gasteiger partial charge in [0.25, 0.3) is 0 Å². The Balaban J connectivity index is 2.89. The van der Waals surface area contributed by atoms with Crippen LogP contribution in [0.15, 0.2) is 18.2 Å². The van der Waals surface area contributed by atoms with E-state index >= 15 is 0 Å². The Bertz CT molecular complexity index is 579. The van der Waals surface area contributed by atoms with E-state index < -0.39 is 30.3 Å². The molecule has 0 saturated carbocycles. The highest BCUT2D eigenvalue weighted by atomic mass is 19.4. The summed E-state index contributed by atoms with van der Waals surface area (Å²) in [5.74, 6) is -1.28. The van der Waals surface area contributed by atoms with Crippen molar-refractivity contribution in [3.8, 4) is 6.07 Å².